The van der Waals surface area contributed by atoms with Crippen molar-refractivity contribution in [3.05, 3.63) is 0 Å². The molecule has 27 heavy (non-hydrogen) atoms. The van der Waals surface area contributed by atoms with Gasteiger partial charge in [0.05, 0.1) is 0 Å². The van der Waals surface area contributed by atoms with Crippen LogP contribution in [0.3, 0.4) is 0 Å². The molecular formula is C19H28BN3O4. The van der Waals surface area contributed by atoms with Crippen LogP contribution >= 0.6 is 0 Å². The molecule has 4 N–H and O–H groups in total. The van der Waals surface area contributed by atoms with E-state index in [2.05, 4.69) is 5.32 Å². The van der Waals surface area contributed by atoms with E-state index < -0.39 is 23.6 Å². The second-order valence-corrected chi connectivity index (χ2v) is 10.0. The molecule has 0 aromatic heterocycles. The molecule has 0 aromatic carbocycles. The average molecular weight is 373 g/mol. The maximum absolute atomic E-state index is 13.7. The fourth-order valence-corrected chi connectivity index (χ4v) is 7.53. The number of carbonyl (C=O) groups is 2. The Morgan fingerprint density at radius 3 is 2.48 bits per heavy atom. The van der Waals surface area contributed by atoms with E-state index in [-0.39, 0.29) is 23.8 Å². The predicted molar refractivity (Wildman–Crippen MR) is 96.6 cm³/mol. The molecule has 5 aliphatic carbocycles. The number of carbonyl (C=O) groups excluding carboxylic acids is 2. The molecule has 6 aliphatic rings. The van der Waals surface area contributed by atoms with Crippen LogP contribution < -0.4 is 11.1 Å². The first-order chi connectivity index (χ1) is 12.8. The summed E-state index contributed by atoms with van der Waals surface area (Å²) in [4.78, 5) is 27.3. The molecule has 6 unspecified atom stereocenters. The summed E-state index contributed by atoms with van der Waals surface area (Å²) in [5.74, 6) is 0.760. The number of fused-ring (bicyclic) bond motifs is 1. The molecule has 6 rings (SSSR count). The number of likely N-dealkylation sites (tertiary alicyclic amines) is 1. The molecule has 0 aromatic rings. The van der Waals surface area contributed by atoms with Gasteiger partial charge in [-0.1, -0.05) is 0 Å². The number of hydrogen-bond donors (Lipinski definition) is 3. The van der Waals surface area contributed by atoms with Crippen LogP contribution in [0, 0.1) is 23.2 Å². The molecule has 6 fully saturated rings. The van der Waals surface area contributed by atoms with Crippen LogP contribution in [-0.2, 0) is 14.3 Å². The van der Waals surface area contributed by atoms with Gasteiger partial charge < -0.3 is 0 Å². The van der Waals surface area contributed by atoms with Crippen molar-refractivity contribution in [3.8, 4) is 0 Å². The van der Waals surface area contributed by atoms with Crippen molar-refractivity contribution in [2.45, 2.75) is 75.1 Å². The Morgan fingerprint density at radius 2 is 1.89 bits per heavy atom. The second kappa shape index (κ2) is 5.86. The zero-order valence-corrected chi connectivity index (χ0v) is 15.6. The van der Waals surface area contributed by atoms with Crippen LogP contribution in [0.5, 0.6) is 0 Å². The SMILES string of the molecule is NC(=O)C1CC2CC2N1C(=O)C(NCB=O)C12CC3CC(CC(O)(C3)C1)C2. The van der Waals surface area contributed by atoms with Crippen LogP contribution in [0.2, 0.25) is 0 Å². The summed E-state index contributed by atoms with van der Waals surface area (Å²) in [6, 6.07) is -0.937. The summed E-state index contributed by atoms with van der Waals surface area (Å²) < 4.78 is 11.1. The molecule has 0 radical (unpaired) electrons. The number of nitrogens with two attached hydrogens (primary N) is 1. The fourth-order valence-electron chi connectivity index (χ4n) is 7.53. The minimum atomic E-state index is -0.679. The first kappa shape index (κ1) is 17.8. The number of primary amides is 1. The van der Waals surface area contributed by atoms with Gasteiger partial charge in [0.15, 0.2) is 0 Å². The molecule has 1 heterocycles. The van der Waals surface area contributed by atoms with E-state index in [1.807, 2.05) is 0 Å². The standard InChI is InChI=1S/C19H28BN3O4/c21-16(24)14-3-12-2-13(12)23(14)17(25)15(22-9-20-27)18-4-10-1-11(5-18)7-19(26,6-10)8-18/h10-15,22,26H,1-9H2,(H2,21,24). The maximum atomic E-state index is 13.7. The van der Waals surface area contributed by atoms with Gasteiger partial charge in [0.1, 0.15) is 0 Å². The summed E-state index contributed by atoms with van der Waals surface area (Å²) in [6.45, 7) is 0. The Morgan fingerprint density at radius 1 is 1.19 bits per heavy atom. The van der Waals surface area contributed by atoms with Gasteiger partial charge in [-0.05, 0) is 0 Å². The molecule has 4 bridgehead atoms. The Kier molecular flexibility index (Phi) is 3.86. The molecule has 7 nitrogen and oxygen atoms in total. The summed E-state index contributed by atoms with van der Waals surface area (Å²) >= 11 is 0. The Hall–Kier alpha value is -1.28. The van der Waals surface area contributed by atoms with Gasteiger partial charge in [-0.3, -0.25) is 0 Å². The van der Waals surface area contributed by atoms with Crippen molar-refractivity contribution in [2.75, 3.05) is 6.44 Å². The molecule has 5 saturated carbocycles. The molecule has 2 amide bonds. The van der Waals surface area contributed by atoms with Gasteiger partial charge in [0.25, 0.3) is 0 Å². The monoisotopic (exact) mass is 373 g/mol. The van der Waals surface area contributed by atoms with Crippen LogP contribution in [0.15, 0.2) is 0 Å². The predicted octanol–water partition coefficient (Wildman–Crippen LogP) is -0.242. The Labute approximate surface area is 159 Å². The van der Waals surface area contributed by atoms with Crippen LogP contribution in [-0.4, -0.2) is 59.1 Å². The number of piperidine rings is 1. The van der Waals surface area contributed by atoms with Crippen molar-refractivity contribution in [2.24, 2.45) is 28.9 Å². The number of aliphatic hydroxyl groups is 1. The summed E-state index contributed by atoms with van der Waals surface area (Å²) in [5, 5.41) is 14.3. The van der Waals surface area contributed by atoms with Crippen LogP contribution in [0.25, 0.3) is 0 Å². The van der Waals surface area contributed by atoms with Crippen molar-refractivity contribution < 1.29 is 19.4 Å². The van der Waals surface area contributed by atoms with E-state index in [4.69, 9.17) is 5.73 Å². The molecular weight excluding hydrogens is 345 g/mol. The molecule has 1 aliphatic heterocycles. The minimum absolute atomic E-state index is 0.0869. The average Bonchev–Trinajstić information content (AvgIpc) is 3.22. The molecule has 8 heteroatoms. The Bertz CT molecular complexity index is 686. The number of hydrogen-bond acceptors (Lipinski definition) is 5. The first-order valence-electron chi connectivity index (χ1n) is 10.3. The van der Waals surface area contributed by atoms with E-state index in [0.29, 0.717) is 30.6 Å². The third-order valence-electron chi connectivity index (χ3n) is 8.03. The van der Waals surface area contributed by atoms with Crippen molar-refractivity contribution >= 4 is 19.0 Å². The van der Waals surface area contributed by atoms with Gasteiger partial charge >= 0.3 is 159 Å². The molecule has 146 valence electrons. The number of amides is 2. The third kappa shape index (κ3) is 2.70. The zero-order valence-electron chi connectivity index (χ0n) is 15.6. The van der Waals surface area contributed by atoms with Gasteiger partial charge in [0, 0.05) is 0 Å². The van der Waals surface area contributed by atoms with E-state index in [9.17, 15) is 19.4 Å². The van der Waals surface area contributed by atoms with Crippen LogP contribution in [0.1, 0.15) is 51.4 Å². The van der Waals surface area contributed by atoms with Gasteiger partial charge in [-0.2, -0.15) is 0 Å². The quantitative estimate of drug-likeness (QED) is 0.556. The van der Waals surface area contributed by atoms with E-state index in [1.54, 1.807) is 4.90 Å². The molecule has 1 saturated heterocycles. The van der Waals surface area contributed by atoms with Crippen molar-refractivity contribution in [1.82, 2.24) is 10.2 Å². The zero-order chi connectivity index (χ0) is 19.0. The van der Waals surface area contributed by atoms with Crippen molar-refractivity contribution in [1.29, 1.82) is 0 Å². The normalized spacial score (nSPS) is 47.4. The number of nitrogens with one attached hydrogen (secondary N) is 1. The number of rotatable bonds is 6. The first-order valence-corrected chi connectivity index (χ1v) is 10.3. The third-order valence-corrected chi connectivity index (χ3v) is 8.03. The van der Waals surface area contributed by atoms with Gasteiger partial charge in [0.2, 0.25) is 0 Å². The van der Waals surface area contributed by atoms with E-state index in [0.717, 1.165) is 45.7 Å². The summed E-state index contributed by atoms with van der Waals surface area (Å²) in [5.41, 5.74) is 4.58. The van der Waals surface area contributed by atoms with E-state index >= 15 is 0 Å². The van der Waals surface area contributed by atoms with Crippen molar-refractivity contribution in [3.63, 3.8) is 0 Å². The number of nitrogens with zero attached hydrogens (tertiary/aromatic N) is 1. The van der Waals surface area contributed by atoms with Gasteiger partial charge in [-0.15, -0.1) is 0 Å². The summed E-state index contributed by atoms with van der Waals surface area (Å²) in [6.07, 6.45) is 6.95. The second-order valence-electron chi connectivity index (χ2n) is 10.0. The molecule has 0 spiro atoms. The van der Waals surface area contributed by atoms with Crippen LogP contribution in [0.4, 0.5) is 0 Å². The Balaban J connectivity index is 1.47. The fraction of sp³-hybridized carbons (Fsp3) is 0.895. The topological polar surface area (TPSA) is 113 Å². The van der Waals surface area contributed by atoms with E-state index in [1.165, 1.54) is 0 Å². The summed E-state index contributed by atoms with van der Waals surface area (Å²) in [7, 11) is 0.783. The van der Waals surface area contributed by atoms with Gasteiger partial charge in [-0.25, -0.2) is 0 Å². The molecule has 6 atom stereocenters.